The normalized spacial score (nSPS) is 10.7. The maximum atomic E-state index is 12.3. The summed E-state index contributed by atoms with van der Waals surface area (Å²) in [5.41, 5.74) is 3.05. The van der Waals surface area contributed by atoms with Crippen LogP contribution in [0.2, 0.25) is 0 Å². The zero-order valence-electron chi connectivity index (χ0n) is 12.7. The minimum Gasteiger partial charge on any atom is -0.378 e. The number of fused-ring (bicyclic) bond motifs is 1. The van der Waals surface area contributed by atoms with Gasteiger partial charge in [0.05, 0.1) is 0 Å². The Labute approximate surface area is 128 Å². The zero-order valence-corrected chi connectivity index (χ0v) is 12.7. The van der Waals surface area contributed by atoms with E-state index in [0.29, 0.717) is 11.2 Å². The van der Waals surface area contributed by atoms with E-state index >= 15 is 0 Å². The summed E-state index contributed by atoms with van der Waals surface area (Å²) in [7, 11) is 3.95. The molecule has 0 aliphatic carbocycles. The highest BCUT2D eigenvalue weighted by Gasteiger charge is 2.09. The van der Waals surface area contributed by atoms with Crippen LogP contribution in [0.25, 0.3) is 5.65 Å². The molecule has 3 rings (SSSR count). The fraction of sp³-hybridized carbons (Fsp3) is 0.188. The molecule has 0 aliphatic rings. The average Bonchev–Trinajstić information content (AvgIpc) is 2.88. The minimum atomic E-state index is -0.166. The Bertz CT molecular complexity index is 820. The van der Waals surface area contributed by atoms with Gasteiger partial charge in [0, 0.05) is 37.2 Å². The monoisotopic (exact) mass is 295 g/mol. The average molecular weight is 295 g/mol. The smallest absolute Gasteiger partial charge is 0.255 e. The highest BCUT2D eigenvalue weighted by atomic mass is 16.1. The molecule has 2 heterocycles. The second kappa shape index (κ2) is 5.48. The van der Waals surface area contributed by atoms with Gasteiger partial charge < -0.3 is 10.2 Å². The number of pyridine rings is 1. The van der Waals surface area contributed by atoms with Gasteiger partial charge in [-0.1, -0.05) is 0 Å². The molecule has 0 saturated heterocycles. The number of hydrogen-bond donors (Lipinski definition) is 1. The van der Waals surface area contributed by atoms with Crippen LogP contribution in [-0.2, 0) is 0 Å². The zero-order chi connectivity index (χ0) is 15.7. The Morgan fingerprint density at radius 2 is 1.86 bits per heavy atom. The fourth-order valence-electron chi connectivity index (χ4n) is 2.20. The quantitative estimate of drug-likeness (QED) is 0.805. The van der Waals surface area contributed by atoms with Crippen molar-refractivity contribution in [2.45, 2.75) is 6.92 Å². The Hall–Kier alpha value is -2.89. The van der Waals surface area contributed by atoms with Crippen LogP contribution in [0.5, 0.6) is 0 Å². The van der Waals surface area contributed by atoms with E-state index in [-0.39, 0.29) is 5.91 Å². The van der Waals surface area contributed by atoms with E-state index < -0.39 is 0 Å². The van der Waals surface area contributed by atoms with E-state index in [0.717, 1.165) is 17.2 Å². The van der Waals surface area contributed by atoms with Crippen molar-refractivity contribution in [3.8, 4) is 0 Å². The van der Waals surface area contributed by atoms with Crippen molar-refractivity contribution in [3.63, 3.8) is 0 Å². The third-order valence-corrected chi connectivity index (χ3v) is 3.48. The van der Waals surface area contributed by atoms with Crippen molar-refractivity contribution in [1.82, 2.24) is 14.6 Å². The first-order chi connectivity index (χ1) is 10.5. The Morgan fingerprint density at radius 1 is 1.14 bits per heavy atom. The standard InChI is InChI=1S/C16H17N5O/c1-11-18-19-15-10-12(8-9-21(11)15)16(22)17-13-4-6-14(7-5-13)20(2)3/h4-10H,1-3H3,(H,17,22). The molecule has 22 heavy (non-hydrogen) atoms. The number of carbonyl (C=O) groups excluding carboxylic acids is 1. The van der Waals surface area contributed by atoms with Crippen LogP contribution in [0.15, 0.2) is 42.6 Å². The maximum Gasteiger partial charge on any atom is 0.255 e. The number of hydrogen-bond acceptors (Lipinski definition) is 4. The first-order valence-corrected chi connectivity index (χ1v) is 6.95. The van der Waals surface area contributed by atoms with Gasteiger partial charge in [0.1, 0.15) is 5.82 Å². The second-order valence-corrected chi connectivity index (χ2v) is 5.29. The molecule has 1 amide bonds. The molecule has 0 unspecified atom stereocenters. The molecule has 112 valence electrons. The topological polar surface area (TPSA) is 62.5 Å². The van der Waals surface area contributed by atoms with E-state index in [1.807, 2.05) is 54.6 Å². The number of aromatic nitrogens is 3. The maximum absolute atomic E-state index is 12.3. The summed E-state index contributed by atoms with van der Waals surface area (Å²) >= 11 is 0. The molecule has 0 aliphatic heterocycles. The number of anilines is 2. The van der Waals surface area contributed by atoms with E-state index in [1.165, 1.54) is 0 Å². The first-order valence-electron chi connectivity index (χ1n) is 6.95. The van der Waals surface area contributed by atoms with Crippen molar-refractivity contribution >= 4 is 22.9 Å². The molecule has 0 atom stereocenters. The number of amides is 1. The summed E-state index contributed by atoms with van der Waals surface area (Å²) in [4.78, 5) is 14.3. The third kappa shape index (κ3) is 2.63. The van der Waals surface area contributed by atoms with Gasteiger partial charge in [-0.15, -0.1) is 10.2 Å². The number of rotatable bonds is 3. The lowest BCUT2D eigenvalue weighted by molar-refractivity contribution is 0.102. The SMILES string of the molecule is Cc1nnc2cc(C(=O)Nc3ccc(N(C)C)cc3)ccn12. The molecule has 1 aromatic carbocycles. The molecule has 6 nitrogen and oxygen atoms in total. The predicted octanol–water partition coefficient (Wildman–Crippen LogP) is 2.36. The minimum absolute atomic E-state index is 0.166. The molecule has 6 heteroatoms. The summed E-state index contributed by atoms with van der Waals surface area (Å²) in [5.74, 6) is 0.627. The van der Waals surface area contributed by atoms with Gasteiger partial charge in [0.2, 0.25) is 0 Å². The molecule has 0 radical (unpaired) electrons. The molecule has 0 saturated carbocycles. The number of aryl methyl sites for hydroxylation is 1. The molecule has 0 bridgehead atoms. The highest BCUT2D eigenvalue weighted by molar-refractivity contribution is 6.04. The molecule has 2 aromatic heterocycles. The predicted molar refractivity (Wildman–Crippen MR) is 86.4 cm³/mol. The molecule has 3 aromatic rings. The van der Waals surface area contributed by atoms with Crippen molar-refractivity contribution in [1.29, 1.82) is 0 Å². The number of carbonyl (C=O) groups is 1. The first kappa shape index (κ1) is 14.1. The third-order valence-electron chi connectivity index (χ3n) is 3.48. The van der Waals surface area contributed by atoms with Gasteiger partial charge in [0.25, 0.3) is 5.91 Å². The van der Waals surface area contributed by atoms with Gasteiger partial charge in [0.15, 0.2) is 5.65 Å². The number of benzene rings is 1. The summed E-state index contributed by atoms with van der Waals surface area (Å²) < 4.78 is 1.84. The lowest BCUT2D eigenvalue weighted by atomic mass is 10.2. The van der Waals surface area contributed by atoms with Gasteiger partial charge >= 0.3 is 0 Å². The Kier molecular flexibility index (Phi) is 3.50. The van der Waals surface area contributed by atoms with Crippen molar-refractivity contribution < 1.29 is 4.79 Å². The molecule has 0 fully saturated rings. The van der Waals surface area contributed by atoms with E-state index in [9.17, 15) is 4.79 Å². The van der Waals surface area contributed by atoms with Gasteiger partial charge in [-0.05, 0) is 43.3 Å². The number of nitrogens with one attached hydrogen (secondary N) is 1. The molecule has 0 spiro atoms. The second-order valence-electron chi connectivity index (χ2n) is 5.29. The summed E-state index contributed by atoms with van der Waals surface area (Å²) in [5, 5.41) is 10.9. The van der Waals surface area contributed by atoms with Crippen LogP contribution >= 0.6 is 0 Å². The van der Waals surface area contributed by atoms with Crippen LogP contribution in [0.3, 0.4) is 0 Å². The summed E-state index contributed by atoms with van der Waals surface area (Å²) in [6, 6.07) is 11.2. The Balaban J connectivity index is 1.80. The van der Waals surface area contributed by atoms with Crippen LogP contribution in [0, 0.1) is 6.92 Å². The summed E-state index contributed by atoms with van der Waals surface area (Å²) in [6.45, 7) is 1.87. The van der Waals surface area contributed by atoms with Gasteiger partial charge in [-0.3, -0.25) is 9.20 Å². The van der Waals surface area contributed by atoms with Crippen LogP contribution in [-0.4, -0.2) is 34.6 Å². The number of nitrogens with zero attached hydrogens (tertiary/aromatic N) is 4. The van der Waals surface area contributed by atoms with Gasteiger partial charge in [-0.2, -0.15) is 0 Å². The lowest BCUT2D eigenvalue weighted by Gasteiger charge is -2.13. The Morgan fingerprint density at radius 3 is 2.55 bits per heavy atom. The van der Waals surface area contributed by atoms with Crippen LogP contribution in [0.1, 0.15) is 16.2 Å². The van der Waals surface area contributed by atoms with E-state index in [4.69, 9.17) is 0 Å². The van der Waals surface area contributed by atoms with Crippen molar-refractivity contribution in [3.05, 3.63) is 54.0 Å². The largest absolute Gasteiger partial charge is 0.378 e. The van der Waals surface area contributed by atoms with Crippen LogP contribution < -0.4 is 10.2 Å². The lowest BCUT2D eigenvalue weighted by Crippen LogP contribution is -2.13. The molecule has 1 N–H and O–H groups in total. The highest BCUT2D eigenvalue weighted by Crippen LogP contribution is 2.17. The van der Waals surface area contributed by atoms with Crippen LogP contribution in [0.4, 0.5) is 11.4 Å². The fourth-order valence-corrected chi connectivity index (χ4v) is 2.20. The van der Waals surface area contributed by atoms with E-state index in [2.05, 4.69) is 15.5 Å². The molecular formula is C16H17N5O. The van der Waals surface area contributed by atoms with Gasteiger partial charge in [-0.25, -0.2) is 0 Å². The van der Waals surface area contributed by atoms with E-state index in [1.54, 1.807) is 18.3 Å². The van der Waals surface area contributed by atoms with Crippen molar-refractivity contribution in [2.75, 3.05) is 24.3 Å². The summed E-state index contributed by atoms with van der Waals surface area (Å²) in [6.07, 6.45) is 1.80. The van der Waals surface area contributed by atoms with Crippen molar-refractivity contribution in [2.24, 2.45) is 0 Å². The molecular weight excluding hydrogens is 278 g/mol.